The van der Waals surface area contributed by atoms with Crippen LogP contribution >= 0.6 is 0 Å². The highest BCUT2D eigenvalue weighted by Gasteiger charge is 2.31. The van der Waals surface area contributed by atoms with Gasteiger partial charge in [0.05, 0.1) is 19.3 Å². The van der Waals surface area contributed by atoms with E-state index in [9.17, 15) is 9.90 Å². The number of hydrogen-bond donors (Lipinski definition) is 1. The van der Waals surface area contributed by atoms with Gasteiger partial charge in [-0.25, -0.2) is 0 Å². The molecule has 1 fully saturated rings. The highest BCUT2D eigenvalue weighted by Crippen LogP contribution is 2.23. The predicted molar refractivity (Wildman–Crippen MR) is 71.7 cm³/mol. The van der Waals surface area contributed by atoms with Crippen LogP contribution in [0.2, 0.25) is 0 Å². The van der Waals surface area contributed by atoms with Crippen molar-refractivity contribution in [1.29, 1.82) is 0 Å². The number of hydrogen-bond acceptors (Lipinski definition) is 4. The van der Waals surface area contributed by atoms with E-state index >= 15 is 0 Å². The Labute approximate surface area is 116 Å². The average molecular weight is 276 g/mol. The Morgan fingerprint density at radius 1 is 1.35 bits per heavy atom. The van der Waals surface area contributed by atoms with Gasteiger partial charge in [-0.15, -0.1) is 0 Å². The van der Waals surface area contributed by atoms with Crippen molar-refractivity contribution in [2.24, 2.45) is 5.11 Å². The summed E-state index contributed by atoms with van der Waals surface area (Å²) in [5.41, 5.74) is 9.25. The van der Waals surface area contributed by atoms with Crippen molar-refractivity contribution < 1.29 is 14.6 Å². The van der Waals surface area contributed by atoms with Gasteiger partial charge in [0.2, 0.25) is 0 Å². The van der Waals surface area contributed by atoms with Gasteiger partial charge in [-0.2, -0.15) is 0 Å². The molecule has 0 spiro atoms. The van der Waals surface area contributed by atoms with Gasteiger partial charge >= 0.3 is 0 Å². The van der Waals surface area contributed by atoms with Crippen LogP contribution in [0.1, 0.15) is 11.6 Å². The lowest BCUT2D eigenvalue weighted by Gasteiger charge is -2.30. The van der Waals surface area contributed by atoms with Gasteiger partial charge in [0.1, 0.15) is 6.10 Å². The van der Waals surface area contributed by atoms with Crippen molar-refractivity contribution in [3.63, 3.8) is 0 Å². The van der Waals surface area contributed by atoms with Crippen molar-refractivity contribution in [2.75, 3.05) is 26.3 Å². The topological polar surface area (TPSA) is 98.5 Å². The van der Waals surface area contributed by atoms with E-state index in [1.807, 2.05) is 6.07 Å². The van der Waals surface area contributed by atoms with Crippen LogP contribution < -0.4 is 0 Å². The van der Waals surface area contributed by atoms with Crippen LogP contribution in [0.3, 0.4) is 0 Å². The molecule has 0 unspecified atom stereocenters. The molecule has 1 aliphatic rings. The maximum atomic E-state index is 12.2. The molecule has 2 atom stereocenters. The first-order valence-electron chi connectivity index (χ1n) is 6.38. The molecule has 0 aromatic heterocycles. The monoisotopic (exact) mass is 276 g/mol. The van der Waals surface area contributed by atoms with E-state index < -0.39 is 18.1 Å². The van der Waals surface area contributed by atoms with Gasteiger partial charge in [-0.05, 0) is 11.1 Å². The van der Waals surface area contributed by atoms with Gasteiger partial charge < -0.3 is 14.7 Å². The number of ether oxygens (including phenoxy) is 1. The number of carbonyl (C=O) groups is 1. The summed E-state index contributed by atoms with van der Waals surface area (Å²) in [6.45, 7) is 1.79. The lowest BCUT2D eigenvalue weighted by molar-refractivity contribution is -0.145. The first-order valence-corrected chi connectivity index (χ1v) is 6.38. The molecule has 0 bridgehead atoms. The average Bonchev–Trinajstić information content (AvgIpc) is 2.53. The number of azide groups is 1. The molecule has 0 radical (unpaired) electrons. The smallest absolute Gasteiger partial charge is 0.252 e. The summed E-state index contributed by atoms with van der Waals surface area (Å²) in [6, 6.07) is 7.86. The molecule has 0 aliphatic carbocycles. The summed E-state index contributed by atoms with van der Waals surface area (Å²) in [5, 5.41) is 13.8. The molecule has 1 amide bonds. The lowest BCUT2D eigenvalue weighted by Crippen LogP contribution is -2.47. The lowest BCUT2D eigenvalue weighted by atomic mass is 10.0. The highest BCUT2D eigenvalue weighted by atomic mass is 16.5. The maximum absolute atomic E-state index is 12.2. The van der Waals surface area contributed by atoms with E-state index in [1.165, 1.54) is 4.90 Å². The van der Waals surface area contributed by atoms with E-state index in [1.54, 1.807) is 24.3 Å². The molecule has 7 heteroatoms. The van der Waals surface area contributed by atoms with Gasteiger partial charge in [0.25, 0.3) is 5.91 Å². The molecule has 0 saturated carbocycles. The van der Waals surface area contributed by atoms with Crippen molar-refractivity contribution in [3.8, 4) is 0 Å². The van der Waals surface area contributed by atoms with E-state index in [-0.39, 0.29) is 0 Å². The molecule has 1 aromatic rings. The molecule has 1 heterocycles. The third kappa shape index (κ3) is 3.27. The Morgan fingerprint density at radius 3 is 2.60 bits per heavy atom. The fourth-order valence-corrected chi connectivity index (χ4v) is 2.12. The molecular formula is C13H16N4O3. The number of carbonyl (C=O) groups excluding carboxylic acids is 1. The summed E-state index contributed by atoms with van der Waals surface area (Å²) >= 11 is 0. The minimum atomic E-state index is -1.38. The Morgan fingerprint density at radius 2 is 2.00 bits per heavy atom. The summed E-state index contributed by atoms with van der Waals surface area (Å²) in [7, 11) is 0. The second-order valence-corrected chi connectivity index (χ2v) is 4.44. The fourth-order valence-electron chi connectivity index (χ4n) is 2.12. The normalized spacial score (nSPS) is 17.9. The third-order valence-corrected chi connectivity index (χ3v) is 3.19. The van der Waals surface area contributed by atoms with E-state index in [4.69, 9.17) is 10.3 Å². The second kappa shape index (κ2) is 6.91. The second-order valence-electron chi connectivity index (χ2n) is 4.44. The van der Waals surface area contributed by atoms with E-state index in [0.29, 0.717) is 31.9 Å². The standard InChI is InChI=1S/C13H16N4O3/c14-16-15-11(10-4-2-1-3-5-10)12(18)13(19)17-6-8-20-9-7-17/h1-5,11-12,18H,6-9H2/t11-,12-/m1/s1. The number of aliphatic hydroxyl groups is 1. The number of benzene rings is 1. The quantitative estimate of drug-likeness (QED) is 0.509. The first kappa shape index (κ1) is 14.3. The summed E-state index contributed by atoms with van der Waals surface area (Å²) in [4.78, 5) is 16.5. The zero-order chi connectivity index (χ0) is 14.4. The Kier molecular flexibility index (Phi) is 4.95. The highest BCUT2D eigenvalue weighted by molar-refractivity contribution is 5.81. The van der Waals surface area contributed by atoms with E-state index in [2.05, 4.69) is 10.0 Å². The molecule has 1 aromatic carbocycles. The SMILES string of the molecule is [N-]=[N+]=N[C@H](c1ccccc1)[C@@H](O)C(=O)N1CCOCC1. The maximum Gasteiger partial charge on any atom is 0.252 e. The number of aliphatic hydroxyl groups excluding tert-OH is 1. The van der Waals surface area contributed by atoms with Crippen LogP contribution in [0.15, 0.2) is 35.4 Å². The minimum absolute atomic E-state index is 0.436. The zero-order valence-electron chi connectivity index (χ0n) is 10.9. The van der Waals surface area contributed by atoms with Gasteiger partial charge in [0.15, 0.2) is 0 Å². The largest absolute Gasteiger partial charge is 0.382 e. The predicted octanol–water partition coefficient (Wildman–Crippen LogP) is 1.26. The van der Waals surface area contributed by atoms with Crippen LogP contribution in [0.5, 0.6) is 0 Å². The molecule has 7 nitrogen and oxygen atoms in total. The van der Waals surface area contributed by atoms with E-state index in [0.717, 1.165) is 0 Å². The summed E-state index contributed by atoms with van der Waals surface area (Å²) < 4.78 is 5.16. The van der Waals surface area contributed by atoms with Crippen LogP contribution in [0, 0.1) is 0 Å². The van der Waals surface area contributed by atoms with Crippen molar-refractivity contribution in [3.05, 3.63) is 46.3 Å². The van der Waals surface area contributed by atoms with Crippen LogP contribution in [0.25, 0.3) is 10.4 Å². The Hall–Kier alpha value is -2.08. The first-order chi connectivity index (χ1) is 9.74. The molecule has 20 heavy (non-hydrogen) atoms. The number of amides is 1. The molecule has 1 N–H and O–H groups in total. The van der Waals surface area contributed by atoms with Crippen LogP contribution in [-0.2, 0) is 9.53 Å². The summed E-state index contributed by atoms with van der Waals surface area (Å²) in [5.74, 6) is -0.436. The van der Waals surface area contributed by atoms with Crippen molar-refractivity contribution in [2.45, 2.75) is 12.1 Å². The molecule has 1 saturated heterocycles. The third-order valence-electron chi connectivity index (χ3n) is 3.19. The van der Waals surface area contributed by atoms with Gasteiger partial charge in [-0.3, -0.25) is 4.79 Å². The van der Waals surface area contributed by atoms with Crippen molar-refractivity contribution >= 4 is 5.91 Å². The zero-order valence-corrected chi connectivity index (χ0v) is 10.9. The van der Waals surface area contributed by atoms with Crippen LogP contribution in [0.4, 0.5) is 0 Å². The Balaban J connectivity index is 2.16. The van der Waals surface area contributed by atoms with Crippen LogP contribution in [-0.4, -0.2) is 48.3 Å². The number of rotatable bonds is 4. The van der Waals surface area contributed by atoms with Gasteiger partial charge in [0, 0.05) is 18.0 Å². The molecular weight excluding hydrogens is 260 g/mol. The molecule has 2 rings (SSSR count). The number of nitrogens with zero attached hydrogens (tertiary/aromatic N) is 4. The minimum Gasteiger partial charge on any atom is -0.382 e. The fraction of sp³-hybridized carbons (Fsp3) is 0.462. The molecule has 1 aliphatic heterocycles. The molecule has 106 valence electrons. The Bertz CT molecular complexity index is 496. The number of morpholine rings is 1. The summed E-state index contributed by atoms with van der Waals surface area (Å²) in [6.07, 6.45) is -1.38. The van der Waals surface area contributed by atoms with Gasteiger partial charge in [-0.1, -0.05) is 35.4 Å². The van der Waals surface area contributed by atoms with Crippen molar-refractivity contribution in [1.82, 2.24) is 4.90 Å².